The van der Waals surface area contributed by atoms with Crippen LogP contribution in [0.2, 0.25) is 0 Å². The van der Waals surface area contributed by atoms with Crippen LogP contribution in [0.1, 0.15) is 33.1 Å². The Balaban J connectivity index is 2.46. The Morgan fingerprint density at radius 3 is 2.53 bits per heavy atom. The summed E-state index contributed by atoms with van der Waals surface area (Å²) >= 11 is 0. The van der Waals surface area contributed by atoms with E-state index in [0.29, 0.717) is 18.9 Å². The largest absolute Gasteiger partial charge is 0.480 e. The Kier molecular flexibility index (Phi) is 4.11. The summed E-state index contributed by atoms with van der Waals surface area (Å²) in [6.45, 7) is 6.66. The number of carbonyl (C=O) groups is 1. The molecule has 1 unspecified atom stereocenters. The van der Waals surface area contributed by atoms with Gasteiger partial charge >= 0.3 is 5.97 Å². The van der Waals surface area contributed by atoms with E-state index in [0.717, 1.165) is 25.9 Å². The molecule has 0 amide bonds. The fourth-order valence-electron chi connectivity index (χ4n) is 2.16. The molecule has 1 atom stereocenters. The maximum absolute atomic E-state index is 10.9. The van der Waals surface area contributed by atoms with Crippen LogP contribution in [0.3, 0.4) is 0 Å². The predicted octanol–water partition coefficient (Wildman–Crippen LogP) is 0.910. The SMILES string of the molecule is CCC(CC)CN1CCC(N)(C(=O)O)C1. The van der Waals surface area contributed by atoms with Crippen molar-refractivity contribution in [3.05, 3.63) is 0 Å². The highest BCUT2D eigenvalue weighted by molar-refractivity contribution is 5.79. The summed E-state index contributed by atoms with van der Waals surface area (Å²) < 4.78 is 0. The highest BCUT2D eigenvalue weighted by atomic mass is 16.4. The molecule has 3 N–H and O–H groups in total. The second kappa shape index (κ2) is 4.94. The number of nitrogens with two attached hydrogens (primary N) is 1. The highest BCUT2D eigenvalue weighted by Gasteiger charge is 2.41. The quantitative estimate of drug-likeness (QED) is 0.714. The normalized spacial score (nSPS) is 27.5. The molecular formula is C11H22N2O2. The van der Waals surface area contributed by atoms with Gasteiger partial charge in [0, 0.05) is 19.6 Å². The zero-order chi connectivity index (χ0) is 11.5. The summed E-state index contributed by atoms with van der Waals surface area (Å²) in [5.41, 5.74) is 4.80. The first-order valence-electron chi connectivity index (χ1n) is 5.76. The van der Waals surface area contributed by atoms with Gasteiger partial charge in [-0.25, -0.2) is 0 Å². The third-order valence-corrected chi connectivity index (χ3v) is 3.48. The Morgan fingerprint density at radius 1 is 1.53 bits per heavy atom. The first kappa shape index (κ1) is 12.5. The van der Waals surface area contributed by atoms with Crippen LogP contribution in [0.15, 0.2) is 0 Å². The molecule has 1 rings (SSSR count). The van der Waals surface area contributed by atoms with E-state index in [2.05, 4.69) is 18.7 Å². The Labute approximate surface area is 91.4 Å². The van der Waals surface area contributed by atoms with Crippen molar-refractivity contribution in [3.8, 4) is 0 Å². The van der Waals surface area contributed by atoms with Crippen LogP contribution in [-0.4, -0.2) is 41.1 Å². The van der Waals surface area contributed by atoms with Crippen LogP contribution in [0.4, 0.5) is 0 Å². The molecule has 0 aromatic rings. The van der Waals surface area contributed by atoms with E-state index in [4.69, 9.17) is 10.8 Å². The van der Waals surface area contributed by atoms with E-state index in [-0.39, 0.29) is 0 Å². The average Bonchev–Trinajstić information content (AvgIpc) is 2.58. The second-order valence-electron chi connectivity index (χ2n) is 4.63. The first-order chi connectivity index (χ1) is 7.01. The minimum absolute atomic E-state index is 0.499. The topological polar surface area (TPSA) is 66.6 Å². The second-order valence-corrected chi connectivity index (χ2v) is 4.63. The summed E-state index contributed by atoms with van der Waals surface area (Å²) in [7, 11) is 0. The molecule has 1 saturated heterocycles. The number of nitrogens with zero attached hydrogens (tertiary/aromatic N) is 1. The summed E-state index contributed by atoms with van der Waals surface area (Å²) in [4.78, 5) is 13.1. The number of rotatable bonds is 5. The van der Waals surface area contributed by atoms with Gasteiger partial charge in [-0.2, -0.15) is 0 Å². The van der Waals surface area contributed by atoms with E-state index in [9.17, 15) is 4.79 Å². The maximum atomic E-state index is 10.9. The summed E-state index contributed by atoms with van der Waals surface area (Å²) in [6, 6.07) is 0. The smallest absolute Gasteiger partial charge is 0.325 e. The molecular weight excluding hydrogens is 192 g/mol. The predicted molar refractivity (Wildman–Crippen MR) is 59.7 cm³/mol. The lowest BCUT2D eigenvalue weighted by atomic mass is 10.0. The van der Waals surface area contributed by atoms with Crippen molar-refractivity contribution in [2.24, 2.45) is 11.7 Å². The molecule has 4 nitrogen and oxygen atoms in total. The number of hydrogen-bond donors (Lipinski definition) is 2. The van der Waals surface area contributed by atoms with Gasteiger partial charge < -0.3 is 15.7 Å². The van der Waals surface area contributed by atoms with Crippen LogP contribution in [-0.2, 0) is 4.79 Å². The molecule has 0 aromatic heterocycles. The number of hydrogen-bond acceptors (Lipinski definition) is 3. The van der Waals surface area contributed by atoms with Crippen LogP contribution in [0, 0.1) is 5.92 Å². The molecule has 4 heteroatoms. The Morgan fingerprint density at radius 2 is 2.13 bits per heavy atom. The van der Waals surface area contributed by atoms with E-state index in [1.54, 1.807) is 0 Å². The molecule has 0 aromatic carbocycles. The van der Waals surface area contributed by atoms with Gasteiger partial charge in [-0.1, -0.05) is 26.7 Å². The summed E-state index contributed by atoms with van der Waals surface area (Å²) in [6.07, 6.45) is 2.87. The standard InChI is InChI=1S/C11H22N2O2/c1-3-9(4-2)7-13-6-5-11(12,8-13)10(14)15/h9H,3-8,12H2,1-2H3,(H,14,15). The van der Waals surface area contributed by atoms with Crippen molar-refractivity contribution in [1.82, 2.24) is 4.90 Å². The fraction of sp³-hybridized carbons (Fsp3) is 0.909. The van der Waals surface area contributed by atoms with E-state index < -0.39 is 11.5 Å². The van der Waals surface area contributed by atoms with Crippen molar-refractivity contribution >= 4 is 5.97 Å². The molecule has 1 aliphatic heterocycles. The van der Waals surface area contributed by atoms with Crippen LogP contribution in [0.25, 0.3) is 0 Å². The summed E-state index contributed by atoms with van der Waals surface area (Å²) in [5.74, 6) is -0.198. The number of likely N-dealkylation sites (tertiary alicyclic amines) is 1. The first-order valence-corrected chi connectivity index (χ1v) is 5.76. The van der Waals surface area contributed by atoms with Gasteiger partial charge in [0.1, 0.15) is 5.54 Å². The molecule has 15 heavy (non-hydrogen) atoms. The molecule has 1 aliphatic rings. The fourth-order valence-corrected chi connectivity index (χ4v) is 2.16. The van der Waals surface area contributed by atoms with E-state index in [1.165, 1.54) is 0 Å². The lowest BCUT2D eigenvalue weighted by Gasteiger charge is -2.23. The van der Waals surface area contributed by atoms with Crippen molar-refractivity contribution in [2.45, 2.75) is 38.6 Å². The number of carboxylic acid groups (broad SMARTS) is 1. The van der Waals surface area contributed by atoms with Crippen molar-refractivity contribution in [1.29, 1.82) is 0 Å². The molecule has 0 radical (unpaired) electrons. The molecule has 1 heterocycles. The monoisotopic (exact) mass is 214 g/mol. The van der Waals surface area contributed by atoms with Gasteiger partial charge in [-0.05, 0) is 12.3 Å². The van der Waals surface area contributed by atoms with Crippen molar-refractivity contribution < 1.29 is 9.90 Å². The van der Waals surface area contributed by atoms with Gasteiger partial charge in [0.05, 0.1) is 0 Å². The van der Waals surface area contributed by atoms with E-state index in [1.807, 2.05) is 0 Å². The van der Waals surface area contributed by atoms with Gasteiger partial charge in [0.2, 0.25) is 0 Å². The minimum Gasteiger partial charge on any atom is -0.480 e. The molecule has 0 spiro atoms. The van der Waals surface area contributed by atoms with E-state index >= 15 is 0 Å². The minimum atomic E-state index is -1.01. The molecule has 0 saturated carbocycles. The Hall–Kier alpha value is -0.610. The molecule has 1 fully saturated rings. The lowest BCUT2D eigenvalue weighted by Crippen LogP contribution is -2.50. The maximum Gasteiger partial charge on any atom is 0.325 e. The van der Waals surface area contributed by atoms with Gasteiger partial charge in [0.25, 0.3) is 0 Å². The molecule has 88 valence electrons. The van der Waals surface area contributed by atoms with Crippen molar-refractivity contribution in [3.63, 3.8) is 0 Å². The third-order valence-electron chi connectivity index (χ3n) is 3.48. The van der Waals surface area contributed by atoms with Crippen molar-refractivity contribution in [2.75, 3.05) is 19.6 Å². The summed E-state index contributed by atoms with van der Waals surface area (Å²) in [5, 5.41) is 8.99. The van der Waals surface area contributed by atoms with Gasteiger partial charge in [-0.3, -0.25) is 4.79 Å². The third kappa shape index (κ3) is 2.92. The average molecular weight is 214 g/mol. The van der Waals surface area contributed by atoms with Crippen LogP contribution >= 0.6 is 0 Å². The zero-order valence-corrected chi connectivity index (χ0v) is 9.70. The zero-order valence-electron chi connectivity index (χ0n) is 9.70. The van der Waals surface area contributed by atoms with Crippen LogP contribution in [0.5, 0.6) is 0 Å². The molecule has 0 aliphatic carbocycles. The highest BCUT2D eigenvalue weighted by Crippen LogP contribution is 2.21. The Bertz CT molecular complexity index is 229. The molecule has 0 bridgehead atoms. The number of carboxylic acids is 1. The van der Waals surface area contributed by atoms with Gasteiger partial charge in [0.15, 0.2) is 0 Å². The van der Waals surface area contributed by atoms with Gasteiger partial charge in [-0.15, -0.1) is 0 Å². The lowest BCUT2D eigenvalue weighted by molar-refractivity contribution is -0.142. The van der Waals surface area contributed by atoms with Crippen LogP contribution < -0.4 is 5.73 Å². The number of aliphatic carboxylic acids is 1.